The molecule has 0 spiro atoms. The standard InChI is InChI=1S/C15H28N2O3/c1-4-16-15(12-7-8-12,14(18)19-3)11-17(2)10-13-6-5-9-20-13/h12-13,16H,4-11H2,1-3H3. The number of esters is 1. The molecular formula is C15H28N2O3. The van der Waals surface area contributed by atoms with Gasteiger partial charge in [-0.05, 0) is 45.2 Å². The fourth-order valence-electron chi connectivity index (χ4n) is 3.33. The molecule has 5 nitrogen and oxygen atoms in total. The molecule has 2 unspecified atom stereocenters. The van der Waals surface area contributed by atoms with Gasteiger partial charge in [-0.3, -0.25) is 0 Å². The number of nitrogens with zero attached hydrogens (tertiary/aromatic N) is 1. The van der Waals surface area contributed by atoms with Crippen molar-refractivity contribution in [2.45, 2.75) is 44.2 Å². The second-order valence-corrected chi connectivity index (χ2v) is 6.10. The number of carbonyl (C=O) groups is 1. The summed E-state index contributed by atoms with van der Waals surface area (Å²) >= 11 is 0. The quantitative estimate of drug-likeness (QED) is 0.675. The molecule has 116 valence electrons. The number of likely N-dealkylation sites (N-methyl/N-ethyl adjacent to an activating group) is 2. The Morgan fingerprint density at radius 1 is 1.45 bits per heavy atom. The molecule has 0 amide bonds. The van der Waals surface area contributed by atoms with E-state index < -0.39 is 5.54 Å². The summed E-state index contributed by atoms with van der Waals surface area (Å²) in [6, 6.07) is 0. The van der Waals surface area contributed by atoms with Crippen molar-refractivity contribution in [3.8, 4) is 0 Å². The van der Waals surface area contributed by atoms with Gasteiger partial charge in [0.15, 0.2) is 0 Å². The number of carbonyl (C=O) groups excluding carboxylic acids is 1. The van der Waals surface area contributed by atoms with Crippen LogP contribution in [0.1, 0.15) is 32.6 Å². The van der Waals surface area contributed by atoms with Gasteiger partial charge in [0.05, 0.1) is 13.2 Å². The van der Waals surface area contributed by atoms with Crippen LogP contribution >= 0.6 is 0 Å². The third kappa shape index (κ3) is 3.51. The Bertz CT molecular complexity index is 327. The van der Waals surface area contributed by atoms with Crippen molar-refractivity contribution < 1.29 is 14.3 Å². The van der Waals surface area contributed by atoms with Gasteiger partial charge in [0.1, 0.15) is 5.54 Å². The van der Waals surface area contributed by atoms with Crippen molar-refractivity contribution in [1.82, 2.24) is 10.2 Å². The van der Waals surface area contributed by atoms with E-state index in [0.29, 0.717) is 18.6 Å². The van der Waals surface area contributed by atoms with E-state index in [4.69, 9.17) is 9.47 Å². The molecule has 1 N–H and O–H groups in total. The zero-order valence-electron chi connectivity index (χ0n) is 13.0. The summed E-state index contributed by atoms with van der Waals surface area (Å²) in [5.41, 5.74) is -0.545. The van der Waals surface area contributed by atoms with Gasteiger partial charge >= 0.3 is 5.97 Å². The van der Waals surface area contributed by atoms with Crippen LogP contribution in [-0.4, -0.2) is 62.9 Å². The Balaban J connectivity index is 1.99. The third-order valence-corrected chi connectivity index (χ3v) is 4.37. The highest BCUT2D eigenvalue weighted by atomic mass is 16.5. The first kappa shape index (κ1) is 15.7. The van der Waals surface area contributed by atoms with E-state index in [2.05, 4.69) is 17.3 Å². The fourth-order valence-corrected chi connectivity index (χ4v) is 3.33. The molecule has 1 aliphatic heterocycles. The fraction of sp³-hybridized carbons (Fsp3) is 0.933. The zero-order valence-corrected chi connectivity index (χ0v) is 13.0. The molecule has 0 radical (unpaired) electrons. The van der Waals surface area contributed by atoms with E-state index >= 15 is 0 Å². The van der Waals surface area contributed by atoms with Gasteiger partial charge in [0.25, 0.3) is 0 Å². The first-order valence-electron chi connectivity index (χ1n) is 7.76. The van der Waals surface area contributed by atoms with E-state index in [0.717, 1.165) is 45.4 Å². The topological polar surface area (TPSA) is 50.8 Å². The van der Waals surface area contributed by atoms with E-state index in [1.54, 1.807) is 0 Å². The second kappa shape index (κ2) is 6.87. The molecule has 5 heteroatoms. The van der Waals surface area contributed by atoms with Gasteiger partial charge in [0, 0.05) is 19.7 Å². The molecule has 1 saturated heterocycles. The second-order valence-electron chi connectivity index (χ2n) is 6.10. The molecule has 2 atom stereocenters. The highest BCUT2D eigenvalue weighted by molar-refractivity contribution is 5.82. The highest BCUT2D eigenvalue weighted by Crippen LogP contribution is 2.41. The van der Waals surface area contributed by atoms with Crippen LogP contribution in [-0.2, 0) is 14.3 Å². The lowest BCUT2D eigenvalue weighted by Crippen LogP contribution is -2.61. The summed E-state index contributed by atoms with van der Waals surface area (Å²) in [6.07, 6.45) is 4.80. The minimum absolute atomic E-state index is 0.124. The van der Waals surface area contributed by atoms with Gasteiger partial charge in [-0.15, -0.1) is 0 Å². The molecular weight excluding hydrogens is 256 g/mol. The normalized spacial score (nSPS) is 25.7. The predicted octanol–water partition coefficient (Wildman–Crippen LogP) is 1.03. The minimum Gasteiger partial charge on any atom is -0.468 e. The molecule has 1 heterocycles. The predicted molar refractivity (Wildman–Crippen MR) is 77.6 cm³/mol. The van der Waals surface area contributed by atoms with Gasteiger partial charge in [0.2, 0.25) is 0 Å². The Labute approximate surface area is 122 Å². The maximum atomic E-state index is 12.3. The van der Waals surface area contributed by atoms with E-state index in [1.807, 2.05) is 6.92 Å². The van der Waals surface area contributed by atoms with E-state index in [1.165, 1.54) is 7.11 Å². The summed E-state index contributed by atoms with van der Waals surface area (Å²) < 4.78 is 10.8. The molecule has 20 heavy (non-hydrogen) atoms. The number of methoxy groups -OCH3 is 1. The van der Waals surface area contributed by atoms with E-state index in [9.17, 15) is 4.79 Å². The molecule has 1 saturated carbocycles. The van der Waals surface area contributed by atoms with Crippen molar-refractivity contribution in [3.63, 3.8) is 0 Å². The highest BCUT2D eigenvalue weighted by Gasteiger charge is 2.52. The van der Waals surface area contributed by atoms with Crippen LogP contribution in [0.2, 0.25) is 0 Å². The Morgan fingerprint density at radius 3 is 2.70 bits per heavy atom. The lowest BCUT2D eigenvalue weighted by atomic mass is 9.92. The third-order valence-electron chi connectivity index (χ3n) is 4.37. The van der Waals surface area contributed by atoms with Crippen LogP contribution in [0.25, 0.3) is 0 Å². The van der Waals surface area contributed by atoms with Gasteiger partial charge < -0.3 is 19.7 Å². The monoisotopic (exact) mass is 284 g/mol. The number of ether oxygens (including phenoxy) is 2. The van der Waals surface area contributed by atoms with Crippen molar-refractivity contribution in [2.75, 3.05) is 40.4 Å². The SMILES string of the molecule is CCNC(CN(C)CC1CCCO1)(C(=O)OC)C1CC1. The van der Waals surface area contributed by atoms with Gasteiger partial charge in [-0.1, -0.05) is 6.92 Å². The van der Waals surface area contributed by atoms with Crippen LogP contribution in [0.4, 0.5) is 0 Å². The molecule has 2 rings (SSSR count). The first-order valence-corrected chi connectivity index (χ1v) is 7.76. The van der Waals surface area contributed by atoms with Crippen molar-refractivity contribution >= 4 is 5.97 Å². The smallest absolute Gasteiger partial charge is 0.327 e. The Hall–Kier alpha value is -0.650. The molecule has 0 aromatic carbocycles. The molecule has 0 aromatic rings. The van der Waals surface area contributed by atoms with Crippen LogP contribution in [0.3, 0.4) is 0 Å². The van der Waals surface area contributed by atoms with Crippen molar-refractivity contribution in [2.24, 2.45) is 5.92 Å². The first-order chi connectivity index (χ1) is 9.62. The lowest BCUT2D eigenvalue weighted by Gasteiger charge is -2.36. The Morgan fingerprint density at radius 2 is 2.20 bits per heavy atom. The number of rotatable bonds is 8. The van der Waals surface area contributed by atoms with Gasteiger partial charge in [-0.25, -0.2) is 4.79 Å². The van der Waals surface area contributed by atoms with Gasteiger partial charge in [-0.2, -0.15) is 0 Å². The average molecular weight is 284 g/mol. The summed E-state index contributed by atoms with van der Waals surface area (Å²) in [6.45, 7) is 5.27. The number of hydrogen-bond donors (Lipinski definition) is 1. The van der Waals surface area contributed by atoms with Crippen LogP contribution in [0.15, 0.2) is 0 Å². The number of hydrogen-bond acceptors (Lipinski definition) is 5. The molecule has 0 bridgehead atoms. The summed E-state index contributed by atoms with van der Waals surface area (Å²) in [5, 5.41) is 3.41. The average Bonchev–Trinajstić information content (AvgIpc) is 3.17. The van der Waals surface area contributed by atoms with Crippen molar-refractivity contribution in [3.05, 3.63) is 0 Å². The molecule has 2 fully saturated rings. The largest absolute Gasteiger partial charge is 0.468 e. The van der Waals surface area contributed by atoms with Crippen molar-refractivity contribution in [1.29, 1.82) is 0 Å². The van der Waals surface area contributed by atoms with E-state index in [-0.39, 0.29) is 5.97 Å². The maximum Gasteiger partial charge on any atom is 0.327 e. The molecule has 1 aliphatic carbocycles. The van der Waals surface area contributed by atoms with Crippen LogP contribution in [0, 0.1) is 5.92 Å². The Kier molecular flexibility index (Phi) is 5.41. The minimum atomic E-state index is -0.545. The van der Waals surface area contributed by atoms with Crippen LogP contribution < -0.4 is 5.32 Å². The molecule has 2 aliphatic rings. The number of nitrogens with one attached hydrogen (secondary N) is 1. The van der Waals surface area contributed by atoms with Crippen LogP contribution in [0.5, 0.6) is 0 Å². The summed E-state index contributed by atoms with van der Waals surface area (Å²) in [4.78, 5) is 14.6. The summed E-state index contributed by atoms with van der Waals surface area (Å²) in [5.74, 6) is 0.280. The zero-order chi connectivity index (χ0) is 14.6. The summed E-state index contributed by atoms with van der Waals surface area (Å²) in [7, 11) is 3.55. The lowest BCUT2D eigenvalue weighted by molar-refractivity contribution is -0.150. The molecule has 0 aromatic heterocycles. The maximum absolute atomic E-state index is 12.3.